The maximum Gasteiger partial charge on any atom is 0.340 e. The standard InChI is InChI=1S/C28H28N2O2/c1-5-29(4)21-17-15-20(16-18-21)28(24-13-9-7-11-22(24)27(31)32-28)26-19(3)30(6-2)25-14-10-8-12-23(25)26/h7-18H,5-6H2,1-4H3. The fourth-order valence-corrected chi connectivity index (χ4v) is 5.18. The molecule has 3 aromatic carbocycles. The molecule has 4 nitrogen and oxygen atoms in total. The molecule has 0 radical (unpaired) electrons. The number of hydrogen-bond donors (Lipinski definition) is 0. The van der Waals surface area contributed by atoms with Crippen LogP contribution in [0.2, 0.25) is 0 Å². The fraction of sp³-hybridized carbons (Fsp3) is 0.250. The van der Waals surface area contributed by atoms with Gasteiger partial charge in [0.1, 0.15) is 0 Å². The summed E-state index contributed by atoms with van der Waals surface area (Å²) in [5, 5.41) is 1.12. The van der Waals surface area contributed by atoms with Gasteiger partial charge in [-0.15, -0.1) is 0 Å². The quantitative estimate of drug-likeness (QED) is 0.375. The number of benzene rings is 3. The summed E-state index contributed by atoms with van der Waals surface area (Å²) >= 11 is 0. The second-order valence-electron chi connectivity index (χ2n) is 8.40. The fourth-order valence-electron chi connectivity index (χ4n) is 5.18. The number of anilines is 1. The molecule has 1 aromatic heterocycles. The van der Waals surface area contributed by atoms with Crippen LogP contribution >= 0.6 is 0 Å². The predicted molar refractivity (Wildman–Crippen MR) is 129 cm³/mol. The van der Waals surface area contributed by atoms with Crippen LogP contribution < -0.4 is 4.90 Å². The summed E-state index contributed by atoms with van der Waals surface area (Å²) in [7, 11) is 2.08. The Kier molecular flexibility index (Phi) is 4.81. The topological polar surface area (TPSA) is 34.5 Å². The normalized spacial score (nSPS) is 17.4. The van der Waals surface area contributed by atoms with Crippen molar-refractivity contribution in [1.29, 1.82) is 0 Å². The van der Waals surface area contributed by atoms with Crippen molar-refractivity contribution in [3.05, 3.63) is 101 Å². The van der Waals surface area contributed by atoms with Crippen molar-refractivity contribution in [2.24, 2.45) is 0 Å². The van der Waals surface area contributed by atoms with Crippen LogP contribution in [0.25, 0.3) is 10.9 Å². The van der Waals surface area contributed by atoms with Gasteiger partial charge < -0.3 is 14.2 Å². The number of aromatic nitrogens is 1. The van der Waals surface area contributed by atoms with Gasteiger partial charge in [0.25, 0.3) is 0 Å². The van der Waals surface area contributed by atoms with E-state index in [0.29, 0.717) is 5.56 Å². The molecular formula is C28H28N2O2. The van der Waals surface area contributed by atoms with Crippen molar-refractivity contribution in [2.75, 3.05) is 18.5 Å². The van der Waals surface area contributed by atoms with Crippen molar-refractivity contribution in [3.63, 3.8) is 0 Å². The third-order valence-electron chi connectivity index (χ3n) is 6.86. The minimum atomic E-state index is -0.985. The number of fused-ring (bicyclic) bond motifs is 2. The molecule has 0 saturated carbocycles. The van der Waals surface area contributed by atoms with E-state index in [1.807, 2.05) is 24.3 Å². The van der Waals surface area contributed by atoms with Gasteiger partial charge in [-0.05, 0) is 45.0 Å². The molecule has 5 rings (SSSR count). The molecular weight excluding hydrogens is 396 g/mol. The van der Waals surface area contributed by atoms with Crippen LogP contribution in [-0.2, 0) is 16.9 Å². The maximum absolute atomic E-state index is 13.1. The number of esters is 1. The van der Waals surface area contributed by atoms with Crippen LogP contribution in [-0.4, -0.2) is 24.1 Å². The summed E-state index contributed by atoms with van der Waals surface area (Å²) in [5.41, 5.74) is 5.98. The van der Waals surface area contributed by atoms with E-state index in [1.165, 1.54) is 0 Å². The summed E-state index contributed by atoms with van der Waals surface area (Å²) in [6, 6.07) is 24.6. The SMILES string of the molecule is CCN(C)c1ccc(C2(c3c(C)n(CC)c4ccccc34)OC(=O)c3ccccc32)cc1. The predicted octanol–water partition coefficient (Wildman–Crippen LogP) is 5.89. The molecule has 0 bridgehead atoms. The van der Waals surface area contributed by atoms with Crippen molar-refractivity contribution in [3.8, 4) is 0 Å². The van der Waals surface area contributed by atoms with Gasteiger partial charge in [0, 0.05) is 59.1 Å². The molecule has 1 unspecified atom stereocenters. The molecule has 1 atom stereocenters. The van der Waals surface area contributed by atoms with Crippen LogP contribution in [0.5, 0.6) is 0 Å². The van der Waals surface area contributed by atoms with E-state index in [1.54, 1.807) is 0 Å². The monoisotopic (exact) mass is 424 g/mol. The van der Waals surface area contributed by atoms with Gasteiger partial charge in [-0.3, -0.25) is 0 Å². The maximum atomic E-state index is 13.1. The summed E-state index contributed by atoms with van der Waals surface area (Å²) < 4.78 is 8.71. The Balaban J connectivity index is 1.86. The molecule has 4 aromatic rings. The van der Waals surface area contributed by atoms with Crippen molar-refractivity contribution < 1.29 is 9.53 Å². The molecule has 2 heterocycles. The first-order chi connectivity index (χ1) is 15.5. The molecule has 0 N–H and O–H groups in total. The lowest BCUT2D eigenvalue weighted by atomic mass is 9.78. The average molecular weight is 425 g/mol. The van der Waals surface area contributed by atoms with Gasteiger partial charge in [-0.1, -0.05) is 48.5 Å². The summed E-state index contributed by atoms with van der Waals surface area (Å²) in [6.45, 7) is 8.19. The third-order valence-corrected chi connectivity index (χ3v) is 6.86. The largest absolute Gasteiger partial charge is 0.440 e. The molecule has 162 valence electrons. The number of nitrogens with zero attached hydrogens (tertiary/aromatic N) is 2. The van der Waals surface area contributed by atoms with Gasteiger partial charge in [0.05, 0.1) is 5.56 Å². The highest BCUT2D eigenvalue weighted by molar-refractivity contribution is 5.98. The number of aryl methyl sites for hydroxylation is 1. The number of cyclic esters (lactones) is 1. The molecule has 0 saturated heterocycles. The summed E-state index contributed by atoms with van der Waals surface area (Å²) in [6.07, 6.45) is 0. The van der Waals surface area contributed by atoms with Crippen molar-refractivity contribution >= 4 is 22.6 Å². The highest BCUT2D eigenvalue weighted by atomic mass is 16.6. The first kappa shape index (κ1) is 20.4. The van der Waals surface area contributed by atoms with Gasteiger partial charge >= 0.3 is 5.97 Å². The van der Waals surface area contributed by atoms with E-state index >= 15 is 0 Å². The molecule has 0 fully saturated rings. The van der Waals surface area contributed by atoms with E-state index in [0.717, 1.165) is 52.1 Å². The number of rotatable bonds is 5. The Labute approximate surface area is 189 Å². The van der Waals surface area contributed by atoms with E-state index in [4.69, 9.17) is 4.74 Å². The van der Waals surface area contributed by atoms with Gasteiger partial charge in [0.15, 0.2) is 5.60 Å². The van der Waals surface area contributed by atoms with Crippen LogP contribution in [0.3, 0.4) is 0 Å². The smallest absolute Gasteiger partial charge is 0.340 e. The molecule has 0 amide bonds. The first-order valence-corrected chi connectivity index (χ1v) is 11.3. The number of para-hydroxylation sites is 1. The number of carbonyl (C=O) groups excluding carboxylic acids is 1. The summed E-state index contributed by atoms with van der Waals surface area (Å²) in [4.78, 5) is 15.3. The van der Waals surface area contributed by atoms with Crippen molar-refractivity contribution in [1.82, 2.24) is 4.57 Å². The molecule has 32 heavy (non-hydrogen) atoms. The Hall–Kier alpha value is -3.53. The number of hydrogen-bond acceptors (Lipinski definition) is 3. The van der Waals surface area contributed by atoms with E-state index < -0.39 is 5.60 Å². The lowest BCUT2D eigenvalue weighted by molar-refractivity contribution is 0.0253. The number of carbonyl (C=O) groups is 1. The minimum absolute atomic E-state index is 0.275. The van der Waals surface area contributed by atoms with E-state index in [-0.39, 0.29) is 5.97 Å². The molecule has 1 aliphatic rings. The van der Waals surface area contributed by atoms with Crippen LogP contribution in [0.1, 0.15) is 46.6 Å². The van der Waals surface area contributed by atoms with Gasteiger partial charge in [-0.2, -0.15) is 0 Å². The highest BCUT2D eigenvalue weighted by Crippen LogP contribution is 2.50. The molecule has 4 heteroatoms. The van der Waals surface area contributed by atoms with E-state index in [9.17, 15) is 4.79 Å². The molecule has 0 aliphatic carbocycles. The second kappa shape index (κ2) is 7.56. The Morgan fingerprint density at radius 3 is 2.34 bits per heavy atom. The lowest BCUT2D eigenvalue weighted by Crippen LogP contribution is -2.30. The van der Waals surface area contributed by atoms with Gasteiger partial charge in [0.2, 0.25) is 0 Å². The Morgan fingerprint density at radius 1 is 0.938 bits per heavy atom. The van der Waals surface area contributed by atoms with E-state index in [2.05, 4.69) is 85.8 Å². The first-order valence-electron chi connectivity index (χ1n) is 11.3. The Morgan fingerprint density at radius 2 is 1.62 bits per heavy atom. The minimum Gasteiger partial charge on any atom is -0.440 e. The summed E-state index contributed by atoms with van der Waals surface area (Å²) in [5.74, 6) is -0.275. The van der Waals surface area contributed by atoms with Crippen molar-refractivity contribution in [2.45, 2.75) is 32.9 Å². The van der Waals surface area contributed by atoms with Crippen LogP contribution in [0, 0.1) is 6.92 Å². The number of ether oxygens (including phenoxy) is 1. The Bertz CT molecular complexity index is 1320. The second-order valence-corrected chi connectivity index (χ2v) is 8.40. The molecule has 0 spiro atoms. The zero-order valence-electron chi connectivity index (χ0n) is 19.1. The lowest BCUT2D eigenvalue weighted by Gasteiger charge is -2.31. The van der Waals surface area contributed by atoms with Crippen LogP contribution in [0.15, 0.2) is 72.8 Å². The zero-order chi connectivity index (χ0) is 22.5. The zero-order valence-corrected chi connectivity index (χ0v) is 19.1. The van der Waals surface area contributed by atoms with Gasteiger partial charge in [-0.25, -0.2) is 4.79 Å². The molecule has 1 aliphatic heterocycles. The van der Waals surface area contributed by atoms with Crippen LogP contribution in [0.4, 0.5) is 5.69 Å². The third kappa shape index (κ3) is 2.72. The highest BCUT2D eigenvalue weighted by Gasteiger charge is 2.50. The average Bonchev–Trinajstić information content (AvgIpc) is 3.29.